The molecule has 0 aromatic heterocycles. The minimum absolute atomic E-state index is 0.0981. The van der Waals surface area contributed by atoms with Gasteiger partial charge in [0.2, 0.25) is 0 Å². The zero-order chi connectivity index (χ0) is 14.5. The number of ether oxygens (including phenoxy) is 1. The second-order valence-electron chi connectivity index (χ2n) is 5.48. The third kappa shape index (κ3) is 4.84. The van der Waals surface area contributed by atoms with Crippen molar-refractivity contribution in [2.24, 2.45) is 11.1 Å². The minimum atomic E-state index is 0.0981. The highest BCUT2D eigenvalue weighted by Gasteiger charge is 2.19. The number of rotatable bonds is 7. The van der Waals surface area contributed by atoms with Crippen LogP contribution in [0.4, 0.5) is 0 Å². The van der Waals surface area contributed by atoms with E-state index >= 15 is 0 Å². The minimum Gasteiger partial charge on any atom is -0.495 e. The number of hydrogen-bond donors (Lipinski definition) is 1. The van der Waals surface area contributed by atoms with E-state index in [9.17, 15) is 4.79 Å². The first kappa shape index (κ1) is 16.0. The molecule has 0 aliphatic heterocycles. The first-order chi connectivity index (χ1) is 8.89. The van der Waals surface area contributed by atoms with Gasteiger partial charge < -0.3 is 10.5 Å². The van der Waals surface area contributed by atoms with Gasteiger partial charge in [-0.3, -0.25) is 4.79 Å². The smallest absolute Gasteiger partial charge is 0.163 e. The van der Waals surface area contributed by atoms with Gasteiger partial charge in [0, 0.05) is 12.0 Å². The van der Waals surface area contributed by atoms with Crippen molar-refractivity contribution in [2.45, 2.75) is 33.1 Å². The lowest BCUT2D eigenvalue weighted by molar-refractivity contribution is 0.0961. The quantitative estimate of drug-likeness (QED) is 0.777. The molecule has 0 fully saturated rings. The number of Topliss-reactive ketones (excluding diaryl/α,β-unsaturated/α-hetero) is 1. The van der Waals surface area contributed by atoms with Crippen LogP contribution in [0.2, 0.25) is 5.02 Å². The van der Waals surface area contributed by atoms with Gasteiger partial charge in [-0.1, -0.05) is 25.4 Å². The number of ketones is 1. The highest BCUT2D eigenvalue weighted by atomic mass is 35.5. The van der Waals surface area contributed by atoms with Crippen LogP contribution < -0.4 is 10.5 Å². The zero-order valence-corrected chi connectivity index (χ0v) is 12.6. The molecular formula is C15H22ClNO2. The molecule has 0 amide bonds. The average molecular weight is 284 g/mol. The molecule has 4 heteroatoms. The molecule has 0 spiro atoms. The highest BCUT2D eigenvalue weighted by Crippen LogP contribution is 2.29. The maximum atomic E-state index is 12.1. The van der Waals surface area contributed by atoms with Crippen LogP contribution in [-0.4, -0.2) is 19.4 Å². The van der Waals surface area contributed by atoms with Gasteiger partial charge in [-0.15, -0.1) is 0 Å². The number of methoxy groups -OCH3 is 1. The van der Waals surface area contributed by atoms with E-state index in [2.05, 4.69) is 13.8 Å². The number of hydrogen-bond acceptors (Lipinski definition) is 3. The van der Waals surface area contributed by atoms with Crippen molar-refractivity contribution in [3.63, 3.8) is 0 Å². The van der Waals surface area contributed by atoms with Gasteiger partial charge in [-0.2, -0.15) is 0 Å². The summed E-state index contributed by atoms with van der Waals surface area (Å²) in [5.41, 5.74) is 6.31. The topological polar surface area (TPSA) is 52.3 Å². The van der Waals surface area contributed by atoms with Crippen molar-refractivity contribution >= 4 is 17.4 Å². The molecule has 1 rings (SSSR count). The molecule has 0 radical (unpaired) electrons. The first-order valence-electron chi connectivity index (χ1n) is 6.46. The Hall–Kier alpha value is -1.06. The van der Waals surface area contributed by atoms with E-state index in [1.807, 2.05) is 0 Å². The Morgan fingerprint density at radius 1 is 1.37 bits per heavy atom. The number of nitrogens with two attached hydrogens (primary N) is 1. The van der Waals surface area contributed by atoms with Crippen LogP contribution in [0.1, 0.15) is 43.5 Å². The average Bonchev–Trinajstić information content (AvgIpc) is 2.36. The summed E-state index contributed by atoms with van der Waals surface area (Å²) in [5.74, 6) is 0.647. The Bertz CT molecular complexity index is 444. The molecular weight excluding hydrogens is 262 g/mol. The fourth-order valence-corrected chi connectivity index (χ4v) is 2.14. The fraction of sp³-hybridized carbons (Fsp3) is 0.533. The zero-order valence-electron chi connectivity index (χ0n) is 11.8. The summed E-state index contributed by atoms with van der Waals surface area (Å²) in [6.45, 7) is 4.92. The SMILES string of the molecule is COc1cc(C(=O)CCC(C)(C)CCN)ccc1Cl. The van der Waals surface area contributed by atoms with Crippen molar-refractivity contribution in [3.05, 3.63) is 28.8 Å². The normalized spacial score (nSPS) is 11.4. The molecule has 2 N–H and O–H groups in total. The Morgan fingerprint density at radius 3 is 2.63 bits per heavy atom. The van der Waals surface area contributed by atoms with Crippen LogP contribution in [0.15, 0.2) is 18.2 Å². The molecule has 0 aliphatic rings. The van der Waals surface area contributed by atoms with Gasteiger partial charge in [-0.05, 0) is 43.0 Å². The van der Waals surface area contributed by atoms with E-state index in [0.717, 1.165) is 12.8 Å². The third-order valence-corrected chi connectivity index (χ3v) is 3.64. The second-order valence-corrected chi connectivity index (χ2v) is 5.88. The monoisotopic (exact) mass is 283 g/mol. The number of halogens is 1. The van der Waals surface area contributed by atoms with E-state index in [4.69, 9.17) is 22.1 Å². The molecule has 19 heavy (non-hydrogen) atoms. The Labute approximate surface area is 120 Å². The number of benzene rings is 1. The number of carbonyl (C=O) groups is 1. The third-order valence-electron chi connectivity index (χ3n) is 3.32. The second kappa shape index (κ2) is 6.92. The van der Waals surface area contributed by atoms with Crippen molar-refractivity contribution in [1.29, 1.82) is 0 Å². The molecule has 1 aromatic carbocycles. The molecule has 0 saturated heterocycles. The van der Waals surface area contributed by atoms with Crippen LogP contribution in [0.3, 0.4) is 0 Å². The van der Waals surface area contributed by atoms with E-state index in [-0.39, 0.29) is 11.2 Å². The molecule has 0 unspecified atom stereocenters. The van der Waals surface area contributed by atoms with E-state index < -0.39 is 0 Å². The van der Waals surface area contributed by atoms with Gasteiger partial charge in [0.1, 0.15) is 5.75 Å². The van der Waals surface area contributed by atoms with Crippen LogP contribution in [-0.2, 0) is 0 Å². The first-order valence-corrected chi connectivity index (χ1v) is 6.84. The summed E-state index contributed by atoms with van der Waals surface area (Å²) in [7, 11) is 1.54. The molecule has 0 atom stereocenters. The number of carbonyl (C=O) groups excluding carboxylic acids is 1. The maximum Gasteiger partial charge on any atom is 0.163 e. The van der Waals surface area contributed by atoms with Gasteiger partial charge >= 0.3 is 0 Å². The molecule has 1 aromatic rings. The molecule has 0 saturated carbocycles. The lowest BCUT2D eigenvalue weighted by Gasteiger charge is -2.23. The summed E-state index contributed by atoms with van der Waals surface area (Å²) in [5, 5.41) is 0.516. The summed E-state index contributed by atoms with van der Waals surface area (Å²) < 4.78 is 5.12. The summed E-state index contributed by atoms with van der Waals surface area (Å²) in [4.78, 5) is 12.1. The predicted octanol–water partition coefficient (Wildman–Crippen LogP) is 3.69. The predicted molar refractivity (Wildman–Crippen MR) is 79.0 cm³/mol. The molecule has 106 valence electrons. The van der Waals surface area contributed by atoms with E-state index in [1.165, 1.54) is 0 Å². The lowest BCUT2D eigenvalue weighted by atomic mass is 9.83. The molecule has 0 bridgehead atoms. The summed E-state index contributed by atoms with van der Waals surface area (Å²) in [6.07, 6.45) is 2.26. The largest absolute Gasteiger partial charge is 0.495 e. The van der Waals surface area contributed by atoms with Crippen LogP contribution in [0, 0.1) is 5.41 Å². The van der Waals surface area contributed by atoms with Crippen LogP contribution in [0.25, 0.3) is 0 Å². The van der Waals surface area contributed by atoms with Crippen LogP contribution >= 0.6 is 11.6 Å². The maximum absolute atomic E-state index is 12.1. The van der Waals surface area contributed by atoms with Crippen molar-refractivity contribution in [2.75, 3.05) is 13.7 Å². The summed E-state index contributed by atoms with van der Waals surface area (Å²) in [6, 6.07) is 5.13. The molecule has 0 heterocycles. The molecule has 3 nitrogen and oxygen atoms in total. The molecule has 0 aliphatic carbocycles. The van der Waals surface area contributed by atoms with Gasteiger partial charge in [0.25, 0.3) is 0 Å². The van der Waals surface area contributed by atoms with E-state index in [0.29, 0.717) is 29.3 Å². The Kier molecular flexibility index (Phi) is 5.83. The van der Waals surface area contributed by atoms with Gasteiger partial charge in [0.15, 0.2) is 5.78 Å². The Morgan fingerprint density at radius 2 is 2.05 bits per heavy atom. The summed E-state index contributed by atoms with van der Waals surface area (Å²) >= 11 is 5.94. The lowest BCUT2D eigenvalue weighted by Crippen LogP contribution is -2.18. The van der Waals surface area contributed by atoms with Crippen molar-refractivity contribution in [3.8, 4) is 5.75 Å². The standard InChI is InChI=1S/C15H22ClNO2/c1-15(2,8-9-17)7-6-13(18)11-4-5-12(16)14(10-11)19-3/h4-5,10H,6-9,17H2,1-3H3. The fourth-order valence-electron chi connectivity index (χ4n) is 1.95. The van der Waals surface area contributed by atoms with Crippen molar-refractivity contribution < 1.29 is 9.53 Å². The van der Waals surface area contributed by atoms with Crippen molar-refractivity contribution in [1.82, 2.24) is 0 Å². The van der Waals surface area contributed by atoms with E-state index in [1.54, 1.807) is 25.3 Å². The van der Waals surface area contributed by atoms with Gasteiger partial charge in [-0.25, -0.2) is 0 Å². The highest BCUT2D eigenvalue weighted by molar-refractivity contribution is 6.32. The van der Waals surface area contributed by atoms with Gasteiger partial charge in [0.05, 0.1) is 12.1 Å². The van der Waals surface area contributed by atoms with Crippen LogP contribution in [0.5, 0.6) is 5.75 Å². The Balaban J connectivity index is 2.68.